The molecule has 0 spiro atoms. The molecule has 0 fully saturated rings. The van der Waals surface area contributed by atoms with Crippen LogP contribution < -0.4 is 9.46 Å². The van der Waals surface area contributed by atoms with E-state index in [9.17, 15) is 30.8 Å². The minimum absolute atomic E-state index is 0.139. The van der Waals surface area contributed by atoms with Crippen LogP contribution in [0.25, 0.3) is 11.1 Å². The van der Waals surface area contributed by atoms with Gasteiger partial charge in [-0.15, -0.1) is 0 Å². The Morgan fingerprint density at radius 1 is 1.12 bits per heavy atom. The molecule has 0 aliphatic carbocycles. The van der Waals surface area contributed by atoms with E-state index in [1.54, 1.807) is 4.72 Å². The maximum atomic E-state index is 14.5. The molecule has 34 heavy (non-hydrogen) atoms. The predicted octanol–water partition coefficient (Wildman–Crippen LogP) is 6.00. The molecule has 0 saturated carbocycles. The average Bonchev–Trinajstić information content (AvgIpc) is 2.70. The van der Waals surface area contributed by atoms with Crippen molar-refractivity contribution in [2.45, 2.75) is 13.1 Å². The summed E-state index contributed by atoms with van der Waals surface area (Å²) in [4.78, 5) is 15.9. The van der Waals surface area contributed by atoms with Crippen LogP contribution in [0.15, 0.2) is 42.6 Å². The van der Waals surface area contributed by atoms with Gasteiger partial charge < -0.3 is 4.74 Å². The summed E-state index contributed by atoms with van der Waals surface area (Å²) in [6.07, 6.45) is -2.79. The molecule has 1 heterocycles. The van der Waals surface area contributed by atoms with Gasteiger partial charge in [-0.1, -0.05) is 23.2 Å². The van der Waals surface area contributed by atoms with Crippen molar-refractivity contribution in [2.24, 2.45) is 0 Å². The monoisotopic (exact) mass is 536 g/mol. The van der Waals surface area contributed by atoms with E-state index in [4.69, 9.17) is 27.9 Å². The number of hydrogen-bond donors (Lipinski definition) is 1. The number of sulfonamides is 1. The van der Waals surface area contributed by atoms with Gasteiger partial charge in [0, 0.05) is 16.8 Å². The fraction of sp³-hybridized carbons (Fsp3) is 0.143. The van der Waals surface area contributed by atoms with Crippen LogP contribution in [0.5, 0.6) is 11.6 Å². The summed E-state index contributed by atoms with van der Waals surface area (Å²) in [6, 6.07) is 6.37. The Balaban J connectivity index is 1.95. The van der Waals surface area contributed by atoms with Crippen molar-refractivity contribution in [2.75, 3.05) is 6.26 Å². The van der Waals surface area contributed by atoms with Crippen molar-refractivity contribution in [3.05, 3.63) is 75.1 Å². The second-order valence-corrected chi connectivity index (χ2v) is 9.69. The number of aryl methyl sites for hydroxylation is 1. The maximum Gasteiger partial charge on any atom is 0.420 e. The fourth-order valence-electron chi connectivity index (χ4n) is 2.95. The Hall–Kier alpha value is -2.89. The first-order valence-corrected chi connectivity index (χ1v) is 11.8. The predicted molar refractivity (Wildman–Crippen MR) is 118 cm³/mol. The molecule has 0 saturated heterocycles. The van der Waals surface area contributed by atoms with E-state index in [1.165, 1.54) is 25.3 Å². The molecule has 3 aromatic rings. The molecular weight excluding hydrogens is 523 g/mol. The molecule has 3 rings (SSSR count). The Morgan fingerprint density at radius 3 is 2.38 bits per heavy atom. The molecule has 1 aromatic heterocycles. The van der Waals surface area contributed by atoms with Crippen molar-refractivity contribution in [3.63, 3.8) is 0 Å². The zero-order valence-electron chi connectivity index (χ0n) is 17.3. The van der Waals surface area contributed by atoms with E-state index < -0.39 is 44.8 Å². The first kappa shape index (κ1) is 25.7. The molecule has 0 aliphatic rings. The van der Waals surface area contributed by atoms with E-state index in [2.05, 4.69) is 4.98 Å². The number of pyridine rings is 1. The quantitative estimate of drug-likeness (QED) is 0.404. The molecule has 0 unspecified atom stereocenters. The normalized spacial score (nSPS) is 11.9. The molecule has 0 atom stereocenters. The molecule has 1 N–H and O–H groups in total. The number of alkyl halides is 3. The fourth-order valence-corrected chi connectivity index (χ4v) is 3.78. The minimum Gasteiger partial charge on any atom is -0.437 e. The Kier molecular flexibility index (Phi) is 7.11. The van der Waals surface area contributed by atoms with E-state index in [0.29, 0.717) is 11.6 Å². The second-order valence-electron chi connectivity index (χ2n) is 7.10. The number of nitrogens with zero attached hydrogens (tertiary/aromatic N) is 1. The number of aromatic nitrogens is 1. The molecule has 1 amide bonds. The van der Waals surface area contributed by atoms with Crippen molar-refractivity contribution in [3.8, 4) is 22.8 Å². The summed E-state index contributed by atoms with van der Waals surface area (Å²) in [5.74, 6) is -3.05. The number of nitrogens with one attached hydrogen (secondary N) is 1. The lowest BCUT2D eigenvalue weighted by molar-refractivity contribution is -0.138. The third kappa shape index (κ3) is 5.96. The lowest BCUT2D eigenvalue weighted by Crippen LogP contribution is -2.30. The van der Waals surface area contributed by atoms with E-state index in [0.717, 1.165) is 24.5 Å². The smallest absolute Gasteiger partial charge is 0.420 e. The van der Waals surface area contributed by atoms with Gasteiger partial charge in [0.1, 0.15) is 16.6 Å². The highest BCUT2D eigenvalue weighted by atomic mass is 35.5. The van der Waals surface area contributed by atoms with Gasteiger partial charge in [0.25, 0.3) is 5.91 Å². The van der Waals surface area contributed by atoms with Crippen LogP contribution in [0, 0.1) is 12.7 Å². The van der Waals surface area contributed by atoms with Gasteiger partial charge in [0.2, 0.25) is 15.9 Å². The number of hydrogen-bond acceptors (Lipinski definition) is 5. The van der Waals surface area contributed by atoms with Gasteiger partial charge in [-0.25, -0.2) is 22.5 Å². The molecule has 0 radical (unpaired) electrons. The van der Waals surface area contributed by atoms with Crippen LogP contribution >= 0.6 is 23.2 Å². The molecule has 0 aliphatic heterocycles. The van der Waals surface area contributed by atoms with Gasteiger partial charge in [0.05, 0.1) is 17.4 Å². The van der Waals surface area contributed by atoms with Gasteiger partial charge in [0.15, 0.2) is 0 Å². The van der Waals surface area contributed by atoms with Gasteiger partial charge in [-0.3, -0.25) is 4.79 Å². The highest BCUT2D eigenvalue weighted by Gasteiger charge is 2.35. The number of rotatable bonds is 5. The molecule has 0 bridgehead atoms. The number of ether oxygens (including phenoxy) is 1. The number of benzene rings is 2. The topological polar surface area (TPSA) is 85.4 Å². The van der Waals surface area contributed by atoms with E-state index >= 15 is 0 Å². The van der Waals surface area contributed by atoms with Crippen molar-refractivity contribution in [1.82, 2.24) is 9.71 Å². The Morgan fingerprint density at radius 2 is 1.79 bits per heavy atom. The maximum absolute atomic E-state index is 14.5. The SMILES string of the molecule is Cc1cc(C(=O)NS(C)(=O)=O)c(F)cc1-c1cnc(Oc2ccc(Cl)cc2C(F)(F)F)c(Cl)c1. The zero-order chi connectivity index (χ0) is 25.4. The Labute approximate surface area is 201 Å². The third-order valence-electron chi connectivity index (χ3n) is 4.41. The highest BCUT2D eigenvalue weighted by molar-refractivity contribution is 7.89. The molecule has 13 heteroatoms. The lowest BCUT2D eigenvalue weighted by atomic mass is 9.99. The molecule has 2 aromatic carbocycles. The first-order chi connectivity index (χ1) is 15.7. The number of amides is 1. The summed E-state index contributed by atoms with van der Waals surface area (Å²) in [5.41, 5.74) is -0.702. The van der Waals surface area contributed by atoms with Gasteiger partial charge in [-0.2, -0.15) is 13.2 Å². The lowest BCUT2D eigenvalue weighted by Gasteiger charge is -2.15. The van der Waals surface area contributed by atoms with Crippen molar-refractivity contribution in [1.29, 1.82) is 0 Å². The number of carbonyl (C=O) groups is 1. The summed E-state index contributed by atoms with van der Waals surface area (Å²) >= 11 is 11.8. The number of carbonyl (C=O) groups excluding carboxylic acids is 1. The van der Waals surface area contributed by atoms with Crippen LogP contribution in [0.4, 0.5) is 17.6 Å². The summed E-state index contributed by atoms with van der Waals surface area (Å²) < 4.78 is 83.8. The van der Waals surface area contributed by atoms with Crippen LogP contribution in [-0.4, -0.2) is 25.6 Å². The molecular formula is C21H14Cl2F4N2O4S. The summed E-state index contributed by atoms with van der Waals surface area (Å²) in [6.45, 7) is 1.54. The van der Waals surface area contributed by atoms with Crippen LogP contribution in [0.3, 0.4) is 0 Å². The van der Waals surface area contributed by atoms with Crippen LogP contribution in [0.1, 0.15) is 21.5 Å². The molecule has 180 valence electrons. The largest absolute Gasteiger partial charge is 0.437 e. The Bertz CT molecular complexity index is 1400. The van der Waals surface area contributed by atoms with Crippen molar-refractivity contribution < 1.29 is 35.5 Å². The van der Waals surface area contributed by atoms with Gasteiger partial charge >= 0.3 is 6.18 Å². The van der Waals surface area contributed by atoms with Crippen LogP contribution in [-0.2, 0) is 16.2 Å². The second kappa shape index (κ2) is 9.40. The number of halogens is 6. The molecule has 6 nitrogen and oxygen atoms in total. The summed E-state index contributed by atoms with van der Waals surface area (Å²) in [7, 11) is -3.90. The van der Waals surface area contributed by atoms with Crippen LogP contribution in [0.2, 0.25) is 10.0 Å². The first-order valence-electron chi connectivity index (χ1n) is 9.18. The summed E-state index contributed by atoms with van der Waals surface area (Å²) in [5, 5.41) is -0.306. The average molecular weight is 537 g/mol. The highest BCUT2D eigenvalue weighted by Crippen LogP contribution is 2.41. The third-order valence-corrected chi connectivity index (χ3v) is 5.47. The minimum atomic E-state index is -4.74. The zero-order valence-corrected chi connectivity index (χ0v) is 19.6. The van der Waals surface area contributed by atoms with Crippen molar-refractivity contribution >= 4 is 39.1 Å². The van der Waals surface area contributed by atoms with E-state index in [-0.39, 0.29) is 27.1 Å². The standard InChI is InChI=1S/C21H14Cl2F4N2O4S/c1-10-5-14(19(30)29-34(2,31)32)17(24)8-13(10)11-6-16(23)20(28-9-11)33-18-4-3-12(22)7-15(18)21(25,26)27/h3-9H,1-2H3,(H,29,30). The van der Waals surface area contributed by atoms with E-state index in [1.807, 2.05) is 0 Å². The van der Waals surface area contributed by atoms with Gasteiger partial charge in [-0.05, 0) is 54.4 Å².